The fraction of sp³-hybridized carbons (Fsp3) is 0.957. The Balaban J connectivity index is 3.46. The molecule has 1 unspecified atom stereocenters. The molecular formula is C23H46FNO6. The first-order valence-corrected chi connectivity index (χ1v) is 11.5. The highest BCUT2D eigenvalue weighted by molar-refractivity contribution is 5.77. The number of halogens is 1. The number of amides is 1. The largest absolute Gasteiger partial charge is 0.379 e. The van der Waals surface area contributed by atoms with Crippen LogP contribution >= 0.6 is 0 Å². The van der Waals surface area contributed by atoms with Gasteiger partial charge in [0.2, 0.25) is 5.91 Å². The summed E-state index contributed by atoms with van der Waals surface area (Å²) in [7, 11) is 0. The minimum absolute atomic E-state index is 0.0644. The molecule has 0 aromatic carbocycles. The van der Waals surface area contributed by atoms with Crippen LogP contribution in [0.3, 0.4) is 0 Å². The van der Waals surface area contributed by atoms with Crippen molar-refractivity contribution in [3.8, 4) is 0 Å². The molecule has 31 heavy (non-hydrogen) atoms. The zero-order chi connectivity index (χ0) is 23.5. The number of carbonyl (C=O) groups excluding carboxylic acids is 1. The van der Waals surface area contributed by atoms with E-state index in [2.05, 4.69) is 19.2 Å². The van der Waals surface area contributed by atoms with Crippen LogP contribution in [-0.2, 0) is 28.5 Å². The summed E-state index contributed by atoms with van der Waals surface area (Å²) < 4.78 is 41.7. The van der Waals surface area contributed by atoms with Gasteiger partial charge < -0.3 is 29.0 Å². The Bertz CT molecular complexity index is 434. The number of hydrogen-bond acceptors (Lipinski definition) is 6. The topological polar surface area (TPSA) is 75.2 Å². The van der Waals surface area contributed by atoms with Crippen LogP contribution in [-0.4, -0.2) is 83.7 Å². The van der Waals surface area contributed by atoms with E-state index in [1.807, 2.05) is 0 Å². The molecule has 1 amide bonds. The Hall–Kier alpha value is -0.800. The first-order valence-electron chi connectivity index (χ1n) is 11.5. The summed E-state index contributed by atoms with van der Waals surface area (Å²) in [6, 6.07) is 0. The van der Waals surface area contributed by atoms with E-state index in [1.165, 1.54) is 6.42 Å². The fourth-order valence-electron chi connectivity index (χ4n) is 2.45. The minimum atomic E-state index is -1.30. The molecule has 0 aliphatic carbocycles. The summed E-state index contributed by atoms with van der Waals surface area (Å²) >= 11 is 0. The molecule has 0 radical (unpaired) electrons. The average Bonchev–Trinajstić information content (AvgIpc) is 2.70. The van der Waals surface area contributed by atoms with Gasteiger partial charge in [-0.15, -0.1) is 0 Å². The van der Waals surface area contributed by atoms with E-state index in [0.717, 1.165) is 18.9 Å². The monoisotopic (exact) mass is 451 g/mol. The van der Waals surface area contributed by atoms with E-state index in [-0.39, 0.29) is 25.0 Å². The molecule has 1 atom stereocenters. The predicted molar refractivity (Wildman–Crippen MR) is 120 cm³/mol. The maximum Gasteiger partial charge on any atom is 0.222 e. The first kappa shape index (κ1) is 30.2. The number of ether oxygens (including phenoxy) is 5. The van der Waals surface area contributed by atoms with E-state index in [9.17, 15) is 9.18 Å². The Kier molecular flexibility index (Phi) is 18.3. The van der Waals surface area contributed by atoms with Gasteiger partial charge >= 0.3 is 0 Å². The summed E-state index contributed by atoms with van der Waals surface area (Å²) in [6.45, 7) is 15.8. The van der Waals surface area contributed by atoms with Gasteiger partial charge in [-0.05, 0) is 32.6 Å². The zero-order valence-electron chi connectivity index (χ0n) is 20.5. The summed E-state index contributed by atoms with van der Waals surface area (Å²) in [5.41, 5.74) is -1.00. The van der Waals surface area contributed by atoms with Crippen molar-refractivity contribution in [3.63, 3.8) is 0 Å². The lowest BCUT2D eigenvalue weighted by Gasteiger charge is -2.29. The Labute approximate surface area is 188 Å². The number of nitrogens with one attached hydrogen (secondary N) is 1. The van der Waals surface area contributed by atoms with Gasteiger partial charge in [0.25, 0.3) is 0 Å². The number of carbonyl (C=O) groups is 1. The smallest absolute Gasteiger partial charge is 0.222 e. The van der Waals surface area contributed by atoms with Gasteiger partial charge in [0.1, 0.15) is 6.17 Å². The third-order valence-electron chi connectivity index (χ3n) is 4.62. The van der Waals surface area contributed by atoms with Gasteiger partial charge in [-0.3, -0.25) is 4.79 Å². The normalized spacial score (nSPS) is 13.2. The van der Waals surface area contributed by atoms with Crippen LogP contribution in [0.15, 0.2) is 0 Å². The van der Waals surface area contributed by atoms with Crippen LogP contribution in [0.5, 0.6) is 0 Å². The molecule has 0 aliphatic rings. The Morgan fingerprint density at radius 2 is 1.26 bits per heavy atom. The Morgan fingerprint density at radius 3 is 1.71 bits per heavy atom. The molecule has 0 saturated carbocycles. The highest BCUT2D eigenvalue weighted by atomic mass is 19.1. The number of rotatable bonds is 21. The van der Waals surface area contributed by atoms with Crippen LogP contribution in [0.25, 0.3) is 0 Å². The van der Waals surface area contributed by atoms with Crippen molar-refractivity contribution >= 4 is 5.91 Å². The second-order valence-electron chi connectivity index (χ2n) is 8.80. The van der Waals surface area contributed by atoms with Crippen LogP contribution < -0.4 is 5.32 Å². The van der Waals surface area contributed by atoms with Crippen molar-refractivity contribution in [2.24, 2.45) is 11.8 Å². The maximum atomic E-state index is 14.3. The van der Waals surface area contributed by atoms with Crippen molar-refractivity contribution < 1.29 is 32.9 Å². The molecule has 0 saturated heterocycles. The van der Waals surface area contributed by atoms with Crippen molar-refractivity contribution in [2.45, 2.75) is 66.2 Å². The third kappa shape index (κ3) is 18.5. The first-order chi connectivity index (χ1) is 14.7. The molecule has 8 heteroatoms. The summed E-state index contributed by atoms with van der Waals surface area (Å²) in [5.74, 6) is 0.382. The molecule has 0 heterocycles. The van der Waals surface area contributed by atoms with Gasteiger partial charge in [0.15, 0.2) is 0 Å². The van der Waals surface area contributed by atoms with Crippen LogP contribution in [0, 0.1) is 11.8 Å². The molecule has 0 bridgehead atoms. The minimum Gasteiger partial charge on any atom is -0.379 e. The quantitative estimate of drug-likeness (QED) is 0.270. The number of alkyl halides is 1. The maximum absolute atomic E-state index is 14.3. The highest BCUT2D eigenvalue weighted by Gasteiger charge is 2.30. The highest BCUT2D eigenvalue weighted by Crippen LogP contribution is 2.17. The molecule has 0 aliphatic heterocycles. The van der Waals surface area contributed by atoms with E-state index < -0.39 is 11.8 Å². The SMILES string of the molecule is CC(C)CCCOCCOCCOCCOCCOC(C)(C)C(F)CNC(=O)C(C)C. The van der Waals surface area contributed by atoms with E-state index in [0.29, 0.717) is 46.2 Å². The van der Waals surface area contributed by atoms with E-state index >= 15 is 0 Å². The molecule has 0 aromatic heterocycles. The third-order valence-corrected chi connectivity index (χ3v) is 4.62. The second-order valence-corrected chi connectivity index (χ2v) is 8.80. The Morgan fingerprint density at radius 1 is 0.806 bits per heavy atom. The zero-order valence-corrected chi connectivity index (χ0v) is 20.5. The van der Waals surface area contributed by atoms with Gasteiger partial charge in [-0.1, -0.05) is 27.7 Å². The lowest BCUT2D eigenvalue weighted by Crippen LogP contribution is -2.45. The van der Waals surface area contributed by atoms with Gasteiger partial charge in [0, 0.05) is 12.5 Å². The number of hydrogen-bond donors (Lipinski definition) is 1. The van der Waals surface area contributed by atoms with Crippen molar-refractivity contribution in [3.05, 3.63) is 0 Å². The van der Waals surface area contributed by atoms with Crippen molar-refractivity contribution in [1.29, 1.82) is 0 Å². The molecule has 0 fully saturated rings. The lowest BCUT2D eigenvalue weighted by atomic mass is 10.0. The van der Waals surface area contributed by atoms with Gasteiger partial charge in [-0.25, -0.2) is 4.39 Å². The molecule has 0 rings (SSSR count). The van der Waals surface area contributed by atoms with E-state index in [1.54, 1.807) is 27.7 Å². The molecule has 0 spiro atoms. The molecule has 7 nitrogen and oxygen atoms in total. The standard InChI is InChI=1S/C23H46FNO6/c1-19(2)8-7-9-27-10-11-28-12-13-29-14-15-30-16-17-31-23(5,6)21(24)18-25-22(26)20(3)4/h19-21H,7-18H2,1-6H3,(H,25,26). The van der Waals surface area contributed by atoms with Gasteiger partial charge in [0.05, 0.1) is 65.0 Å². The van der Waals surface area contributed by atoms with E-state index in [4.69, 9.17) is 23.7 Å². The van der Waals surface area contributed by atoms with Crippen LogP contribution in [0.4, 0.5) is 4.39 Å². The second kappa shape index (κ2) is 18.7. The summed E-state index contributed by atoms with van der Waals surface area (Å²) in [5, 5.41) is 2.59. The molecular weight excluding hydrogens is 405 g/mol. The van der Waals surface area contributed by atoms with Gasteiger partial charge in [-0.2, -0.15) is 0 Å². The van der Waals surface area contributed by atoms with Crippen LogP contribution in [0.1, 0.15) is 54.4 Å². The molecule has 1 N–H and O–H groups in total. The van der Waals surface area contributed by atoms with Crippen molar-refractivity contribution in [1.82, 2.24) is 5.32 Å². The van der Waals surface area contributed by atoms with Crippen LogP contribution in [0.2, 0.25) is 0 Å². The average molecular weight is 452 g/mol. The predicted octanol–water partition coefficient (Wildman–Crippen LogP) is 3.39. The van der Waals surface area contributed by atoms with Crippen molar-refractivity contribution in [2.75, 3.05) is 66.0 Å². The fourth-order valence-corrected chi connectivity index (χ4v) is 2.45. The summed E-state index contributed by atoms with van der Waals surface area (Å²) in [4.78, 5) is 11.5. The summed E-state index contributed by atoms with van der Waals surface area (Å²) in [6.07, 6.45) is 0.979. The molecule has 0 aromatic rings. The molecule has 186 valence electrons. The lowest BCUT2D eigenvalue weighted by molar-refractivity contribution is -0.125.